The van der Waals surface area contributed by atoms with Crippen LogP contribution in [0.3, 0.4) is 0 Å². The van der Waals surface area contributed by atoms with Gasteiger partial charge in [0.05, 0.1) is 22.9 Å². The molecule has 0 atom stereocenters. The summed E-state index contributed by atoms with van der Waals surface area (Å²) >= 11 is 0. The van der Waals surface area contributed by atoms with E-state index in [0.29, 0.717) is 38.8 Å². The van der Waals surface area contributed by atoms with Crippen molar-refractivity contribution in [1.29, 1.82) is 0 Å². The molecule has 144 valence electrons. The van der Waals surface area contributed by atoms with Crippen LogP contribution in [-0.2, 0) is 7.05 Å². The molecule has 5 nitrogen and oxygen atoms in total. The first-order valence-corrected chi connectivity index (χ1v) is 8.86. The third kappa shape index (κ3) is 2.60. The number of pyridine rings is 1. The van der Waals surface area contributed by atoms with E-state index in [0.717, 1.165) is 0 Å². The van der Waals surface area contributed by atoms with Gasteiger partial charge in [0.1, 0.15) is 17.3 Å². The van der Waals surface area contributed by atoms with Gasteiger partial charge in [0.25, 0.3) is 0 Å². The molecule has 0 fully saturated rings. The molecule has 0 amide bonds. The van der Waals surface area contributed by atoms with Gasteiger partial charge < -0.3 is 0 Å². The monoisotopic (exact) mass is 393 g/mol. The van der Waals surface area contributed by atoms with E-state index in [9.17, 15) is 13.2 Å². The number of hydrogen-bond donors (Lipinski definition) is 0. The van der Waals surface area contributed by atoms with Crippen molar-refractivity contribution in [2.24, 2.45) is 7.05 Å². The predicted octanol–water partition coefficient (Wildman–Crippen LogP) is 4.70. The Morgan fingerprint density at radius 2 is 1.66 bits per heavy atom. The van der Waals surface area contributed by atoms with Crippen molar-refractivity contribution >= 4 is 21.8 Å². The molecule has 0 bridgehead atoms. The van der Waals surface area contributed by atoms with Crippen molar-refractivity contribution in [3.05, 3.63) is 71.9 Å². The Morgan fingerprint density at radius 1 is 0.862 bits per heavy atom. The first-order chi connectivity index (χ1) is 13.9. The van der Waals surface area contributed by atoms with Gasteiger partial charge in [0, 0.05) is 35.1 Å². The first-order valence-electron chi connectivity index (χ1n) is 8.86. The summed E-state index contributed by atoms with van der Waals surface area (Å²) in [6.07, 6.45) is 3.02. The first kappa shape index (κ1) is 17.4. The second-order valence-corrected chi connectivity index (χ2v) is 6.83. The molecule has 0 N–H and O–H groups in total. The minimum Gasteiger partial charge on any atom is -0.275 e. The van der Waals surface area contributed by atoms with Gasteiger partial charge >= 0.3 is 0 Å². The highest BCUT2D eigenvalue weighted by molar-refractivity contribution is 6.03. The molecule has 8 heteroatoms. The Morgan fingerprint density at radius 3 is 2.41 bits per heavy atom. The standard InChI is InChI=1S/C21H14F3N5/c1-11-15(22)5-4-13-20(19-14-10-28(2)26-17(14)7-6-16(19)23)27-29(21(11)13)12-3-8-18(24)25-9-12/h3-10H,1-2H3. The van der Waals surface area contributed by atoms with Crippen LogP contribution in [0.15, 0.2) is 48.8 Å². The molecule has 29 heavy (non-hydrogen) atoms. The van der Waals surface area contributed by atoms with Crippen LogP contribution in [0, 0.1) is 24.5 Å². The Kier molecular flexibility index (Phi) is 3.70. The van der Waals surface area contributed by atoms with Crippen LogP contribution < -0.4 is 0 Å². The maximum Gasteiger partial charge on any atom is 0.212 e. The predicted molar refractivity (Wildman–Crippen MR) is 103 cm³/mol. The Balaban J connectivity index is 1.91. The van der Waals surface area contributed by atoms with E-state index in [4.69, 9.17) is 0 Å². The molecule has 3 aromatic heterocycles. The lowest BCUT2D eigenvalue weighted by molar-refractivity contribution is 0.582. The summed E-state index contributed by atoms with van der Waals surface area (Å²) in [6, 6.07) is 8.52. The number of aryl methyl sites for hydroxylation is 2. The normalized spacial score (nSPS) is 11.6. The number of aromatic nitrogens is 5. The zero-order valence-corrected chi connectivity index (χ0v) is 15.5. The van der Waals surface area contributed by atoms with Gasteiger partial charge in [0.2, 0.25) is 5.95 Å². The van der Waals surface area contributed by atoms with E-state index in [2.05, 4.69) is 15.2 Å². The molecule has 0 aliphatic carbocycles. The maximum absolute atomic E-state index is 15.0. The number of hydrogen-bond acceptors (Lipinski definition) is 3. The number of halogens is 3. The molecular formula is C21H14F3N5. The van der Waals surface area contributed by atoms with Gasteiger partial charge in [-0.3, -0.25) is 4.68 Å². The number of rotatable bonds is 2. The van der Waals surface area contributed by atoms with Crippen molar-refractivity contribution < 1.29 is 13.2 Å². The van der Waals surface area contributed by atoms with Crippen LogP contribution in [0.25, 0.3) is 38.8 Å². The highest BCUT2D eigenvalue weighted by Gasteiger charge is 2.22. The summed E-state index contributed by atoms with van der Waals surface area (Å²) in [6.45, 7) is 1.62. The van der Waals surface area contributed by atoms with Crippen LogP contribution in [-0.4, -0.2) is 24.5 Å². The average molecular weight is 393 g/mol. The van der Waals surface area contributed by atoms with Crippen LogP contribution in [0.2, 0.25) is 0 Å². The lowest BCUT2D eigenvalue weighted by Gasteiger charge is -2.05. The summed E-state index contributed by atoms with van der Waals surface area (Å²) in [5.41, 5.74) is 2.51. The van der Waals surface area contributed by atoms with Crippen LogP contribution >= 0.6 is 0 Å². The third-order valence-corrected chi connectivity index (χ3v) is 4.98. The summed E-state index contributed by atoms with van der Waals surface area (Å²) in [7, 11) is 1.75. The molecule has 0 radical (unpaired) electrons. The van der Waals surface area contributed by atoms with Crippen molar-refractivity contribution in [2.75, 3.05) is 0 Å². The number of fused-ring (bicyclic) bond motifs is 2. The number of nitrogens with zero attached hydrogens (tertiary/aromatic N) is 5. The topological polar surface area (TPSA) is 48.5 Å². The van der Waals surface area contributed by atoms with Crippen molar-refractivity contribution in [3.63, 3.8) is 0 Å². The molecule has 0 aliphatic rings. The fourth-order valence-electron chi connectivity index (χ4n) is 3.63. The van der Waals surface area contributed by atoms with Crippen molar-refractivity contribution in [1.82, 2.24) is 24.5 Å². The zero-order valence-electron chi connectivity index (χ0n) is 15.5. The molecule has 0 unspecified atom stereocenters. The summed E-state index contributed by atoms with van der Waals surface area (Å²) in [5.74, 6) is -1.52. The van der Waals surface area contributed by atoms with Crippen molar-refractivity contribution in [2.45, 2.75) is 6.92 Å². The average Bonchev–Trinajstić information content (AvgIpc) is 3.26. The van der Waals surface area contributed by atoms with E-state index >= 15 is 0 Å². The van der Waals surface area contributed by atoms with Gasteiger partial charge in [-0.05, 0) is 43.3 Å². The minimum absolute atomic E-state index is 0.278. The molecule has 5 rings (SSSR count). The lowest BCUT2D eigenvalue weighted by Crippen LogP contribution is -2.00. The SMILES string of the molecule is Cc1c(F)ccc2c(-c3c(F)ccc4nn(C)cc34)nn(-c3ccc(F)nc3)c12. The van der Waals surface area contributed by atoms with E-state index in [1.54, 1.807) is 37.0 Å². The quantitative estimate of drug-likeness (QED) is 0.409. The Labute approximate surface area is 163 Å². The molecular weight excluding hydrogens is 379 g/mol. The minimum atomic E-state index is -0.639. The van der Waals surface area contributed by atoms with E-state index in [-0.39, 0.29) is 5.56 Å². The Hall–Kier alpha value is -3.68. The number of benzene rings is 2. The molecule has 0 aliphatic heterocycles. The van der Waals surface area contributed by atoms with E-state index in [1.165, 1.54) is 35.1 Å². The highest BCUT2D eigenvalue weighted by atomic mass is 19.1. The smallest absolute Gasteiger partial charge is 0.212 e. The molecule has 2 aromatic carbocycles. The fourth-order valence-corrected chi connectivity index (χ4v) is 3.63. The summed E-state index contributed by atoms with van der Waals surface area (Å²) in [5, 5.41) is 10.1. The van der Waals surface area contributed by atoms with Gasteiger partial charge in [-0.2, -0.15) is 14.6 Å². The zero-order chi connectivity index (χ0) is 20.3. The largest absolute Gasteiger partial charge is 0.275 e. The Bertz CT molecular complexity index is 1400. The highest BCUT2D eigenvalue weighted by Crippen LogP contribution is 2.37. The van der Waals surface area contributed by atoms with Gasteiger partial charge in [-0.15, -0.1) is 0 Å². The maximum atomic E-state index is 15.0. The second kappa shape index (κ2) is 6.16. The third-order valence-electron chi connectivity index (χ3n) is 4.98. The molecule has 5 aromatic rings. The van der Waals surface area contributed by atoms with Crippen LogP contribution in [0.1, 0.15) is 5.56 Å². The fraction of sp³-hybridized carbons (Fsp3) is 0.0952. The van der Waals surface area contributed by atoms with Crippen molar-refractivity contribution in [3.8, 4) is 16.9 Å². The molecule has 0 spiro atoms. The van der Waals surface area contributed by atoms with E-state index in [1.807, 2.05) is 0 Å². The summed E-state index contributed by atoms with van der Waals surface area (Å²) in [4.78, 5) is 3.66. The summed E-state index contributed by atoms with van der Waals surface area (Å²) < 4.78 is 45.7. The lowest BCUT2D eigenvalue weighted by atomic mass is 10.0. The molecule has 0 saturated carbocycles. The van der Waals surface area contributed by atoms with Crippen LogP contribution in [0.4, 0.5) is 13.2 Å². The van der Waals surface area contributed by atoms with Gasteiger partial charge in [0.15, 0.2) is 0 Å². The molecule has 3 heterocycles. The molecule has 0 saturated heterocycles. The van der Waals surface area contributed by atoms with E-state index < -0.39 is 17.6 Å². The van der Waals surface area contributed by atoms with Crippen LogP contribution in [0.5, 0.6) is 0 Å². The van der Waals surface area contributed by atoms with Gasteiger partial charge in [-0.25, -0.2) is 18.4 Å². The van der Waals surface area contributed by atoms with Gasteiger partial charge in [-0.1, -0.05) is 0 Å². The second-order valence-electron chi connectivity index (χ2n) is 6.83.